The molecule has 1 aromatic carbocycles. The summed E-state index contributed by atoms with van der Waals surface area (Å²) in [6.07, 6.45) is 5.89. The van der Waals surface area contributed by atoms with Crippen LogP contribution in [0.5, 0.6) is 5.75 Å². The van der Waals surface area contributed by atoms with Crippen LogP contribution in [0.25, 0.3) is 5.69 Å². The number of nitrogens with zero attached hydrogens (tertiary/aromatic N) is 3. The van der Waals surface area contributed by atoms with Crippen LogP contribution >= 0.6 is 11.6 Å². The van der Waals surface area contributed by atoms with Gasteiger partial charge in [0.05, 0.1) is 38.1 Å². The van der Waals surface area contributed by atoms with Crippen LogP contribution in [-0.2, 0) is 0 Å². The van der Waals surface area contributed by atoms with Crippen molar-refractivity contribution in [3.05, 3.63) is 58.0 Å². The lowest BCUT2D eigenvalue weighted by Gasteiger charge is -2.28. The molecule has 26 heavy (non-hydrogen) atoms. The number of piperazine rings is 1. The average molecular weight is 374 g/mol. The van der Waals surface area contributed by atoms with Crippen LogP contribution in [0.3, 0.4) is 0 Å². The van der Waals surface area contributed by atoms with E-state index in [0.29, 0.717) is 23.1 Å². The maximum Gasteiger partial charge on any atom is 0.316 e. The van der Waals surface area contributed by atoms with Gasteiger partial charge in [-0.1, -0.05) is 29.8 Å². The molecule has 2 aromatic rings. The summed E-state index contributed by atoms with van der Waals surface area (Å²) in [5, 5.41) is 7.21. The van der Waals surface area contributed by atoms with Gasteiger partial charge in [0.1, 0.15) is 12.3 Å². The number of anilines is 1. The van der Waals surface area contributed by atoms with Gasteiger partial charge in [-0.3, -0.25) is 4.79 Å². The molecule has 136 valence electrons. The lowest BCUT2D eigenvalue weighted by atomic mass is 10.1. The minimum atomic E-state index is -0.261. The summed E-state index contributed by atoms with van der Waals surface area (Å²) in [6.45, 7) is 6.27. The molecule has 0 spiro atoms. The Hall–Kier alpha value is -2.31. The molecular weight excluding hydrogens is 352 g/mol. The second-order valence-electron chi connectivity index (χ2n) is 7.04. The molecule has 0 saturated carbocycles. The van der Waals surface area contributed by atoms with Crippen LogP contribution in [0.4, 0.5) is 5.69 Å². The molecule has 7 heteroatoms. The number of benzene rings is 1. The summed E-state index contributed by atoms with van der Waals surface area (Å²) in [4.78, 5) is 15.3. The first-order chi connectivity index (χ1) is 12.6. The third kappa shape index (κ3) is 3.48. The SMILES string of the molecule is CC1(COc2c(N3CC[NH2+]CC3)cnn(-c3cccc(Cl)c3)c2=O)C=C1. The highest BCUT2D eigenvalue weighted by Gasteiger charge is 2.30. The molecule has 0 bridgehead atoms. The van der Waals surface area contributed by atoms with Gasteiger partial charge < -0.3 is 15.0 Å². The summed E-state index contributed by atoms with van der Waals surface area (Å²) >= 11 is 6.07. The Balaban J connectivity index is 1.74. The van der Waals surface area contributed by atoms with E-state index in [4.69, 9.17) is 16.3 Å². The van der Waals surface area contributed by atoms with Crippen LogP contribution in [0.15, 0.2) is 47.4 Å². The minimum absolute atomic E-state index is 0.0520. The number of halogens is 1. The predicted octanol–water partition coefficient (Wildman–Crippen LogP) is 1.22. The third-order valence-corrected chi connectivity index (χ3v) is 5.01. The topological polar surface area (TPSA) is 64.0 Å². The van der Waals surface area contributed by atoms with Gasteiger partial charge >= 0.3 is 5.56 Å². The van der Waals surface area contributed by atoms with Gasteiger partial charge in [0.15, 0.2) is 0 Å². The summed E-state index contributed by atoms with van der Waals surface area (Å²) < 4.78 is 7.37. The first-order valence-corrected chi connectivity index (χ1v) is 9.22. The van der Waals surface area contributed by atoms with Crippen LogP contribution in [0, 0.1) is 5.41 Å². The fourth-order valence-electron chi connectivity index (χ4n) is 3.04. The smallest absolute Gasteiger partial charge is 0.316 e. The Morgan fingerprint density at radius 3 is 2.77 bits per heavy atom. The monoisotopic (exact) mass is 373 g/mol. The molecule has 2 N–H and O–H groups in total. The molecule has 1 aliphatic heterocycles. The largest absolute Gasteiger partial charge is 0.485 e. The van der Waals surface area contributed by atoms with Crippen molar-refractivity contribution in [2.75, 3.05) is 37.7 Å². The highest BCUT2D eigenvalue weighted by atomic mass is 35.5. The van der Waals surface area contributed by atoms with Gasteiger partial charge in [0.25, 0.3) is 0 Å². The second-order valence-corrected chi connectivity index (χ2v) is 7.47. The molecular formula is C19H22ClN4O2+. The Morgan fingerprint density at radius 1 is 1.31 bits per heavy atom. The standard InChI is InChI=1S/C19H21ClN4O2/c1-19(5-6-19)13-26-17-16(23-9-7-21-8-10-23)12-22-24(18(17)25)15-4-2-3-14(20)11-15/h2-6,11-12,21H,7-10,13H2,1H3/p+1. The lowest BCUT2D eigenvalue weighted by molar-refractivity contribution is -0.655. The van der Waals surface area contributed by atoms with E-state index in [-0.39, 0.29) is 11.0 Å². The van der Waals surface area contributed by atoms with Crippen LogP contribution in [0.2, 0.25) is 5.02 Å². The maximum atomic E-state index is 13.2. The predicted molar refractivity (Wildman–Crippen MR) is 101 cm³/mol. The van der Waals surface area contributed by atoms with Gasteiger partial charge in [-0.15, -0.1) is 0 Å². The fourth-order valence-corrected chi connectivity index (χ4v) is 3.22. The highest BCUT2D eigenvalue weighted by molar-refractivity contribution is 6.30. The highest BCUT2D eigenvalue weighted by Crippen LogP contribution is 2.35. The number of aromatic nitrogens is 2. The molecule has 1 aromatic heterocycles. The summed E-state index contributed by atoms with van der Waals surface area (Å²) in [6, 6.07) is 7.10. The first kappa shape index (κ1) is 17.1. The van der Waals surface area contributed by atoms with E-state index in [1.807, 2.05) is 6.07 Å². The van der Waals surface area contributed by atoms with E-state index >= 15 is 0 Å². The number of quaternary nitrogens is 1. The molecule has 1 aliphatic carbocycles. The quantitative estimate of drug-likeness (QED) is 0.800. The molecule has 6 nitrogen and oxygen atoms in total. The zero-order valence-electron chi connectivity index (χ0n) is 14.7. The lowest BCUT2D eigenvalue weighted by Crippen LogP contribution is -2.89. The molecule has 0 unspecified atom stereocenters. The number of ether oxygens (including phenoxy) is 1. The van der Waals surface area contributed by atoms with Gasteiger partial charge in [0, 0.05) is 10.4 Å². The molecule has 1 saturated heterocycles. The van der Waals surface area contributed by atoms with E-state index in [1.165, 1.54) is 4.68 Å². The van der Waals surface area contributed by atoms with Gasteiger partial charge in [-0.25, -0.2) is 0 Å². The van der Waals surface area contributed by atoms with Crippen molar-refractivity contribution in [1.82, 2.24) is 9.78 Å². The summed E-state index contributed by atoms with van der Waals surface area (Å²) in [5.74, 6) is 0.358. The van der Waals surface area contributed by atoms with Gasteiger partial charge in [-0.05, 0) is 25.1 Å². The van der Waals surface area contributed by atoms with Crippen molar-refractivity contribution in [2.45, 2.75) is 6.92 Å². The zero-order valence-corrected chi connectivity index (χ0v) is 15.4. The summed E-state index contributed by atoms with van der Waals surface area (Å²) in [7, 11) is 0. The first-order valence-electron chi connectivity index (χ1n) is 8.84. The van der Waals surface area contributed by atoms with Gasteiger partial charge in [0.2, 0.25) is 5.75 Å². The molecule has 0 atom stereocenters. The molecule has 0 amide bonds. The maximum absolute atomic E-state index is 13.2. The summed E-state index contributed by atoms with van der Waals surface area (Å²) in [5.41, 5.74) is 1.08. The third-order valence-electron chi connectivity index (χ3n) is 4.78. The molecule has 1 fully saturated rings. The van der Waals surface area contributed by atoms with E-state index in [1.54, 1.807) is 24.4 Å². The number of hydrogen-bond acceptors (Lipinski definition) is 4. The van der Waals surface area contributed by atoms with Crippen LogP contribution in [-0.4, -0.2) is 42.6 Å². The van der Waals surface area contributed by atoms with E-state index < -0.39 is 0 Å². The average Bonchev–Trinajstić information content (AvgIpc) is 3.39. The van der Waals surface area contributed by atoms with Crippen LogP contribution in [0.1, 0.15) is 6.92 Å². The normalized spacial score (nSPS) is 18.0. The Bertz CT molecular complexity index is 897. The number of nitrogens with two attached hydrogens (primary N) is 1. The second kappa shape index (κ2) is 6.78. The van der Waals surface area contributed by atoms with E-state index in [2.05, 4.69) is 34.4 Å². The van der Waals surface area contributed by atoms with Crippen molar-refractivity contribution in [3.8, 4) is 11.4 Å². The van der Waals surface area contributed by atoms with Crippen molar-refractivity contribution >= 4 is 17.3 Å². The van der Waals surface area contributed by atoms with E-state index in [0.717, 1.165) is 31.9 Å². The van der Waals surface area contributed by atoms with Crippen molar-refractivity contribution in [2.24, 2.45) is 5.41 Å². The Kier molecular flexibility index (Phi) is 4.46. The van der Waals surface area contributed by atoms with Crippen LogP contribution < -0.4 is 20.5 Å². The van der Waals surface area contributed by atoms with Crippen molar-refractivity contribution in [3.63, 3.8) is 0 Å². The Labute approximate surface area is 157 Å². The number of rotatable bonds is 5. The van der Waals surface area contributed by atoms with E-state index in [9.17, 15) is 4.79 Å². The zero-order chi connectivity index (χ0) is 18.1. The molecule has 4 rings (SSSR count). The Morgan fingerprint density at radius 2 is 2.08 bits per heavy atom. The molecule has 2 heterocycles. The molecule has 0 radical (unpaired) electrons. The minimum Gasteiger partial charge on any atom is -0.485 e. The van der Waals surface area contributed by atoms with Gasteiger partial charge in [-0.2, -0.15) is 9.78 Å². The number of hydrogen-bond donors (Lipinski definition) is 1. The fraction of sp³-hybridized carbons (Fsp3) is 0.368. The molecule has 2 aliphatic rings. The van der Waals surface area contributed by atoms with Crippen molar-refractivity contribution in [1.29, 1.82) is 0 Å². The van der Waals surface area contributed by atoms with Crippen molar-refractivity contribution < 1.29 is 10.1 Å².